The third kappa shape index (κ3) is 3.52. The molecule has 1 N–H and O–H groups in total. The summed E-state index contributed by atoms with van der Waals surface area (Å²) in [5.41, 5.74) is 1.95. The molecule has 3 rings (SSSR count). The summed E-state index contributed by atoms with van der Waals surface area (Å²) in [5.74, 6) is -0.654. The maximum atomic E-state index is 12.6. The fourth-order valence-electron chi connectivity index (χ4n) is 3.14. The number of esters is 1. The van der Waals surface area contributed by atoms with E-state index < -0.39 is 0 Å². The van der Waals surface area contributed by atoms with Crippen molar-refractivity contribution in [3.05, 3.63) is 34.0 Å². The molecule has 1 aliphatic heterocycles. The van der Waals surface area contributed by atoms with Crippen LogP contribution in [-0.2, 0) is 24.8 Å². The summed E-state index contributed by atoms with van der Waals surface area (Å²) in [6, 6.07) is 2.08. The first-order valence-electron chi connectivity index (χ1n) is 8.77. The lowest BCUT2D eigenvalue weighted by Gasteiger charge is -2.30. The van der Waals surface area contributed by atoms with E-state index in [4.69, 9.17) is 4.74 Å². The molecule has 0 spiro atoms. The van der Waals surface area contributed by atoms with Crippen LogP contribution in [0.3, 0.4) is 0 Å². The molecule has 0 bridgehead atoms. The highest BCUT2D eigenvalue weighted by Crippen LogP contribution is 2.38. The molecule has 140 valence electrons. The average Bonchev–Trinajstić information content (AvgIpc) is 3.17. The van der Waals surface area contributed by atoms with Crippen molar-refractivity contribution in [1.29, 1.82) is 0 Å². The number of aromatic nitrogens is 2. The molecule has 0 fully saturated rings. The highest BCUT2D eigenvalue weighted by molar-refractivity contribution is 7.17. The van der Waals surface area contributed by atoms with Crippen molar-refractivity contribution in [2.24, 2.45) is 7.05 Å². The van der Waals surface area contributed by atoms with Crippen LogP contribution in [0.5, 0.6) is 0 Å². The van der Waals surface area contributed by atoms with Crippen molar-refractivity contribution in [3.63, 3.8) is 0 Å². The Morgan fingerprint density at radius 3 is 2.81 bits per heavy atom. The summed E-state index contributed by atoms with van der Waals surface area (Å²) in [4.78, 5) is 28.6. The molecule has 0 aliphatic carbocycles. The van der Waals surface area contributed by atoms with E-state index >= 15 is 0 Å². The lowest BCUT2D eigenvalue weighted by Crippen LogP contribution is -2.35. The van der Waals surface area contributed by atoms with E-state index in [0.29, 0.717) is 28.9 Å². The van der Waals surface area contributed by atoms with E-state index in [1.807, 2.05) is 0 Å². The number of rotatable bonds is 5. The first-order valence-corrected chi connectivity index (χ1v) is 9.59. The largest absolute Gasteiger partial charge is 0.462 e. The summed E-state index contributed by atoms with van der Waals surface area (Å²) in [5, 5.41) is 7.48. The summed E-state index contributed by atoms with van der Waals surface area (Å²) in [7, 11) is 1.71. The minimum atomic E-state index is -0.372. The molecule has 0 saturated carbocycles. The first kappa shape index (κ1) is 18.6. The fraction of sp³-hybridized carbons (Fsp3) is 0.500. The molecule has 1 amide bonds. The minimum Gasteiger partial charge on any atom is -0.462 e. The fourth-order valence-corrected chi connectivity index (χ4v) is 4.39. The van der Waals surface area contributed by atoms with Gasteiger partial charge in [0.1, 0.15) is 10.7 Å². The van der Waals surface area contributed by atoms with Gasteiger partial charge in [-0.3, -0.25) is 14.4 Å². The third-order valence-corrected chi connectivity index (χ3v) is 5.71. The Kier molecular flexibility index (Phi) is 5.43. The molecular formula is C18H24N4O3S. The molecule has 8 heteroatoms. The lowest BCUT2D eigenvalue weighted by atomic mass is 10.0. The van der Waals surface area contributed by atoms with Gasteiger partial charge >= 0.3 is 5.97 Å². The number of hydrogen-bond donors (Lipinski definition) is 1. The van der Waals surface area contributed by atoms with Gasteiger partial charge in [0.15, 0.2) is 0 Å². The number of aryl methyl sites for hydroxylation is 1. The van der Waals surface area contributed by atoms with Crippen LogP contribution in [0.4, 0.5) is 5.00 Å². The summed E-state index contributed by atoms with van der Waals surface area (Å²) >= 11 is 1.46. The predicted molar refractivity (Wildman–Crippen MR) is 101 cm³/mol. The number of anilines is 1. The maximum Gasteiger partial charge on any atom is 0.341 e. The van der Waals surface area contributed by atoms with Crippen LogP contribution in [-0.4, -0.2) is 45.8 Å². The van der Waals surface area contributed by atoms with Crippen molar-refractivity contribution >= 4 is 28.2 Å². The van der Waals surface area contributed by atoms with Crippen LogP contribution in [0, 0.1) is 0 Å². The maximum absolute atomic E-state index is 12.6. The Bertz CT molecular complexity index is 825. The molecule has 0 atom stereocenters. The van der Waals surface area contributed by atoms with Gasteiger partial charge in [0.25, 0.3) is 5.91 Å². The van der Waals surface area contributed by atoms with Crippen molar-refractivity contribution in [2.45, 2.75) is 39.8 Å². The smallest absolute Gasteiger partial charge is 0.341 e. The Hall–Kier alpha value is -2.19. The number of thiophene rings is 1. The normalized spacial score (nSPS) is 14.3. The number of hydrogen-bond acceptors (Lipinski definition) is 6. The van der Waals surface area contributed by atoms with Gasteiger partial charge in [-0.15, -0.1) is 11.3 Å². The van der Waals surface area contributed by atoms with Gasteiger partial charge in [0.05, 0.1) is 12.2 Å². The topological polar surface area (TPSA) is 76.5 Å². The quantitative estimate of drug-likeness (QED) is 0.812. The van der Waals surface area contributed by atoms with Gasteiger partial charge in [-0.2, -0.15) is 5.10 Å². The standard InChI is InChI=1S/C18H24N4O3S/c1-5-25-18(24)15-12-7-9-22(11(2)3)10-14(12)26-17(15)20-16(23)13-6-8-19-21(13)4/h6,8,11H,5,7,9-10H2,1-4H3,(H,20,23). The monoisotopic (exact) mass is 376 g/mol. The van der Waals surface area contributed by atoms with Crippen LogP contribution in [0.1, 0.15) is 52.1 Å². The van der Waals surface area contributed by atoms with Gasteiger partial charge in [0, 0.05) is 37.3 Å². The Balaban J connectivity index is 1.95. The van der Waals surface area contributed by atoms with Crippen molar-refractivity contribution in [2.75, 3.05) is 18.5 Å². The second-order valence-electron chi connectivity index (χ2n) is 6.54. The van der Waals surface area contributed by atoms with E-state index in [2.05, 4.69) is 29.2 Å². The Morgan fingerprint density at radius 1 is 1.42 bits per heavy atom. The zero-order valence-corrected chi connectivity index (χ0v) is 16.4. The van der Waals surface area contributed by atoms with E-state index in [-0.39, 0.29) is 11.9 Å². The first-order chi connectivity index (χ1) is 12.4. The second-order valence-corrected chi connectivity index (χ2v) is 7.64. The van der Waals surface area contributed by atoms with E-state index in [1.165, 1.54) is 16.0 Å². The second kappa shape index (κ2) is 7.59. The molecule has 2 aromatic heterocycles. The third-order valence-electron chi connectivity index (χ3n) is 4.58. The number of amides is 1. The van der Waals surface area contributed by atoms with E-state index in [0.717, 1.165) is 30.0 Å². The molecule has 0 aromatic carbocycles. The minimum absolute atomic E-state index is 0.283. The Labute approximate surface area is 156 Å². The van der Waals surface area contributed by atoms with Crippen LogP contribution in [0.15, 0.2) is 12.3 Å². The molecule has 26 heavy (non-hydrogen) atoms. The molecule has 0 saturated heterocycles. The van der Waals surface area contributed by atoms with Gasteiger partial charge in [-0.25, -0.2) is 4.79 Å². The van der Waals surface area contributed by atoms with Crippen LogP contribution >= 0.6 is 11.3 Å². The van der Waals surface area contributed by atoms with Gasteiger partial charge < -0.3 is 10.1 Å². The van der Waals surface area contributed by atoms with Gasteiger partial charge in [-0.05, 0) is 38.8 Å². The molecule has 0 radical (unpaired) electrons. The molecule has 2 aromatic rings. The molecule has 0 unspecified atom stereocenters. The van der Waals surface area contributed by atoms with Crippen LogP contribution in [0.25, 0.3) is 0 Å². The number of nitrogens with zero attached hydrogens (tertiary/aromatic N) is 3. The number of fused-ring (bicyclic) bond motifs is 1. The van der Waals surface area contributed by atoms with Gasteiger partial charge in [-0.1, -0.05) is 0 Å². The van der Waals surface area contributed by atoms with E-state index in [1.54, 1.807) is 26.2 Å². The molecule has 1 aliphatic rings. The highest BCUT2D eigenvalue weighted by atomic mass is 32.1. The van der Waals surface area contributed by atoms with Crippen LogP contribution < -0.4 is 5.32 Å². The van der Waals surface area contributed by atoms with Gasteiger partial charge in [0.2, 0.25) is 0 Å². The number of ether oxygens (including phenoxy) is 1. The summed E-state index contributed by atoms with van der Waals surface area (Å²) in [6.07, 6.45) is 2.35. The van der Waals surface area contributed by atoms with E-state index in [9.17, 15) is 9.59 Å². The molecule has 3 heterocycles. The van der Waals surface area contributed by atoms with Crippen LogP contribution in [0.2, 0.25) is 0 Å². The SMILES string of the molecule is CCOC(=O)c1c(NC(=O)c2ccnn2C)sc2c1CCN(C(C)C)C2. The number of nitrogens with one attached hydrogen (secondary N) is 1. The lowest BCUT2D eigenvalue weighted by molar-refractivity contribution is 0.0526. The molecule has 7 nitrogen and oxygen atoms in total. The number of carbonyl (C=O) groups excluding carboxylic acids is 2. The van der Waals surface area contributed by atoms with Crippen molar-refractivity contribution in [1.82, 2.24) is 14.7 Å². The molecular weight excluding hydrogens is 352 g/mol. The van der Waals surface area contributed by atoms with Crippen molar-refractivity contribution in [3.8, 4) is 0 Å². The predicted octanol–water partition coefficient (Wildman–Crippen LogP) is 2.68. The Morgan fingerprint density at radius 2 is 2.19 bits per heavy atom. The summed E-state index contributed by atoms with van der Waals surface area (Å²) in [6.45, 7) is 8.09. The zero-order chi connectivity index (χ0) is 18.8. The summed E-state index contributed by atoms with van der Waals surface area (Å²) < 4.78 is 6.76. The highest BCUT2D eigenvalue weighted by Gasteiger charge is 2.30. The number of carbonyl (C=O) groups is 2. The zero-order valence-electron chi connectivity index (χ0n) is 15.5. The van der Waals surface area contributed by atoms with Crippen molar-refractivity contribution < 1.29 is 14.3 Å². The average molecular weight is 376 g/mol.